The summed E-state index contributed by atoms with van der Waals surface area (Å²) in [6.45, 7) is 0.364. The molecule has 0 saturated heterocycles. The number of benzene rings is 2. The van der Waals surface area contributed by atoms with E-state index in [1.54, 1.807) is 0 Å². The minimum atomic E-state index is -1.09. The number of aliphatic hydroxyl groups is 1. The van der Waals surface area contributed by atoms with Crippen molar-refractivity contribution in [3.8, 4) is 0 Å². The molecule has 138 valence electrons. The zero-order chi connectivity index (χ0) is 18.8. The highest BCUT2D eigenvalue weighted by atomic mass is 16.4. The van der Waals surface area contributed by atoms with Gasteiger partial charge in [0.1, 0.15) is 6.04 Å². The summed E-state index contributed by atoms with van der Waals surface area (Å²) in [7, 11) is 0. The summed E-state index contributed by atoms with van der Waals surface area (Å²) in [6.07, 6.45) is 0.832. The van der Waals surface area contributed by atoms with Crippen LogP contribution >= 0.6 is 0 Å². The minimum absolute atomic E-state index is 0.149. The van der Waals surface area contributed by atoms with E-state index in [0.717, 1.165) is 11.1 Å². The first kappa shape index (κ1) is 19.5. The van der Waals surface area contributed by atoms with Gasteiger partial charge >= 0.3 is 12.0 Å². The van der Waals surface area contributed by atoms with E-state index in [9.17, 15) is 19.8 Å². The Morgan fingerprint density at radius 3 is 2.04 bits per heavy atom. The van der Waals surface area contributed by atoms with Crippen LogP contribution in [0.5, 0.6) is 0 Å². The fourth-order valence-electron chi connectivity index (χ4n) is 2.63. The van der Waals surface area contributed by atoms with Gasteiger partial charge in [-0.05, 0) is 17.5 Å². The summed E-state index contributed by atoms with van der Waals surface area (Å²) >= 11 is 0. The Morgan fingerprint density at radius 2 is 1.50 bits per heavy atom. The molecule has 1 atom stereocenters. The van der Waals surface area contributed by atoms with Gasteiger partial charge in [-0.3, -0.25) is 0 Å². The quantitative estimate of drug-likeness (QED) is 0.640. The number of carbonyl (C=O) groups is 2. The molecule has 0 spiro atoms. The lowest BCUT2D eigenvalue weighted by Crippen LogP contribution is -2.50. The summed E-state index contributed by atoms with van der Waals surface area (Å²) in [4.78, 5) is 25.5. The van der Waals surface area contributed by atoms with E-state index < -0.39 is 18.0 Å². The third-order valence-corrected chi connectivity index (χ3v) is 4.05. The van der Waals surface area contributed by atoms with Crippen molar-refractivity contribution in [2.24, 2.45) is 0 Å². The van der Waals surface area contributed by atoms with Gasteiger partial charge in [0.2, 0.25) is 0 Å². The normalized spacial score (nSPS) is 11.6. The molecule has 6 nitrogen and oxygen atoms in total. The summed E-state index contributed by atoms with van der Waals surface area (Å²) in [5.74, 6) is -1.09. The SMILES string of the molecule is O=C(O)[C@H](Cc1ccccc1)NC(=O)N(CCO)CCc1ccccc1. The van der Waals surface area contributed by atoms with Crippen molar-refractivity contribution < 1.29 is 19.8 Å². The third-order valence-electron chi connectivity index (χ3n) is 4.05. The first-order valence-corrected chi connectivity index (χ1v) is 8.57. The Morgan fingerprint density at radius 1 is 0.923 bits per heavy atom. The molecule has 0 bridgehead atoms. The topological polar surface area (TPSA) is 89.9 Å². The maximum absolute atomic E-state index is 12.5. The van der Waals surface area contributed by atoms with Crippen LogP contribution in [0.1, 0.15) is 11.1 Å². The summed E-state index contributed by atoms with van der Waals surface area (Å²) in [6, 6.07) is 17.3. The minimum Gasteiger partial charge on any atom is -0.480 e. The molecule has 3 N–H and O–H groups in total. The molecule has 0 aromatic heterocycles. The molecule has 2 amide bonds. The lowest BCUT2D eigenvalue weighted by molar-refractivity contribution is -0.139. The van der Waals surface area contributed by atoms with Crippen molar-refractivity contribution >= 4 is 12.0 Å². The lowest BCUT2D eigenvalue weighted by atomic mass is 10.1. The first-order valence-electron chi connectivity index (χ1n) is 8.57. The molecule has 0 unspecified atom stereocenters. The van der Waals surface area contributed by atoms with Crippen LogP contribution in [0.15, 0.2) is 60.7 Å². The molecule has 26 heavy (non-hydrogen) atoms. The Bertz CT molecular complexity index is 691. The van der Waals surface area contributed by atoms with Gasteiger partial charge in [-0.2, -0.15) is 0 Å². The van der Waals surface area contributed by atoms with Crippen molar-refractivity contribution in [3.63, 3.8) is 0 Å². The zero-order valence-corrected chi connectivity index (χ0v) is 14.5. The van der Waals surface area contributed by atoms with Gasteiger partial charge < -0.3 is 20.4 Å². The van der Waals surface area contributed by atoms with Crippen LogP contribution < -0.4 is 5.32 Å². The molecule has 2 aromatic carbocycles. The predicted octanol–water partition coefficient (Wildman–Crippen LogP) is 1.93. The standard InChI is InChI=1S/C20H24N2O4/c23-14-13-22(12-11-16-7-3-1-4-8-16)20(26)21-18(19(24)25)15-17-9-5-2-6-10-17/h1-10,18,23H,11-15H2,(H,21,26)(H,24,25)/t18-/m0/s1. The van der Waals surface area contributed by atoms with Gasteiger partial charge in [-0.1, -0.05) is 60.7 Å². The average molecular weight is 356 g/mol. The second kappa shape index (κ2) is 10.2. The van der Waals surface area contributed by atoms with Crippen molar-refractivity contribution in [1.29, 1.82) is 0 Å². The largest absolute Gasteiger partial charge is 0.480 e. The van der Waals surface area contributed by atoms with Crippen molar-refractivity contribution in [2.75, 3.05) is 19.7 Å². The van der Waals surface area contributed by atoms with E-state index in [1.165, 1.54) is 4.90 Å². The number of urea groups is 1. The molecule has 0 heterocycles. The number of carboxylic acids is 1. The van der Waals surface area contributed by atoms with Gasteiger partial charge in [-0.25, -0.2) is 9.59 Å². The Kier molecular flexibility index (Phi) is 7.64. The smallest absolute Gasteiger partial charge is 0.326 e. The van der Waals surface area contributed by atoms with Gasteiger partial charge in [0, 0.05) is 19.5 Å². The summed E-state index contributed by atoms with van der Waals surface area (Å²) in [5.41, 5.74) is 1.90. The summed E-state index contributed by atoms with van der Waals surface area (Å²) in [5, 5.41) is 21.2. The van der Waals surface area contributed by atoms with Crippen molar-refractivity contribution in [2.45, 2.75) is 18.9 Å². The highest BCUT2D eigenvalue weighted by Crippen LogP contribution is 2.06. The van der Waals surface area contributed by atoms with Gasteiger partial charge in [-0.15, -0.1) is 0 Å². The second-order valence-corrected chi connectivity index (χ2v) is 5.98. The van der Waals surface area contributed by atoms with Crippen molar-refractivity contribution in [3.05, 3.63) is 71.8 Å². The van der Waals surface area contributed by atoms with Gasteiger partial charge in [0.15, 0.2) is 0 Å². The number of carbonyl (C=O) groups excluding carboxylic acids is 1. The Labute approximate surface area is 153 Å². The molecule has 0 radical (unpaired) electrons. The van der Waals surface area contributed by atoms with Crippen LogP contribution in [0.25, 0.3) is 0 Å². The zero-order valence-electron chi connectivity index (χ0n) is 14.5. The first-order chi connectivity index (χ1) is 12.6. The van der Waals surface area contributed by atoms with Crippen LogP contribution in [0.3, 0.4) is 0 Å². The van der Waals surface area contributed by atoms with Crippen LogP contribution in [0.4, 0.5) is 4.79 Å². The maximum Gasteiger partial charge on any atom is 0.326 e. The number of hydrogen-bond donors (Lipinski definition) is 3. The molecule has 0 saturated carbocycles. The number of nitrogens with one attached hydrogen (secondary N) is 1. The van der Waals surface area contributed by atoms with Crippen molar-refractivity contribution in [1.82, 2.24) is 10.2 Å². The predicted molar refractivity (Wildman–Crippen MR) is 98.9 cm³/mol. The number of rotatable bonds is 9. The Hall–Kier alpha value is -2.86. The number of aliphatic carboxylic acids is 1. The summed E-state index contributed by atoms with van der Waals surface area (Å²) < 4.78 is 0. The molecular formula is C20H24N2O4. The fraction of sp³-hybridized carbons (Fsp3) is 0.300. The van der Waals surface area contributed by atoms with E-state index >= 15 is 0 Å². The molecule has 0 aliphatic heterocycles. The lowest BCUT2D eigenvalue weighted by Gasteiger charge is -2.24. The highest BCUT2D eigenvalue weighted by Gasteiger charge is 2.23. The van der Waals surface area contributed by atoms with Crippen LogP contribution in [0.2, 0.25) is 0 Å². The van der Waals surface area contributed by atoms with E-state index in [-0.39, 0.29) is 19.6 Å². The van der Waals surface area contributed by atoms with E-state index in [1.807, 2.05) is 60.7 Å². The number of nitrogens with zero attached hydrogens (tertiary/aromatic N) is 1. The van der Waals surface area contributed by atoms with E-state index in [2.05, 4.69) is 5.32 Å². The van der Waals surface area contributed by atoms with Crippen LogP contribution in [-0.2, 0) is 17.6 Å². The maximum atomic E-state index is 12.5. The second-order valence-electron chi connectivity index (χ2n) is 5.98. The number of aliphatic hydroxyl groups excluding tert-OH is 1. The molecule has 2 rings (SSSR count). The molecule has 2 aromatic rings. The van der Waals surface area contributed by atoms with Gasteiger partial charge in [0.05, 0.1) is 6.61 Å². The van der Waals surface area contributed by atoms with Gasteiger partial charge in [0.25, 0.3) is 0 Å². The Balaban J connectivity index is 1.98. The highest BCUT2D eigenvalue weighted by molar-refractivity contribution is 5.82. The number of carboxylic acid groups (broad SMARTS) is 1. The molecular weight excluding hydrogens is 332 g/mol. The fourth-order valence-corrected chi connectivity index (χ4v) is 2.63. The third kappa shape index (κ3) is 6.22. The molecule has 0 aliphatic carbocycles. The van der Waals surface area contributed by atoms with E-state index in [0.29, 0.717) is 13.0 Å². The molecule has 6 heteroatoms. The number of hydrogen-bond acceptors (Lipinski definition) is 3. The van der Waals surface area contributed by atoms with Crippen LogP contribution in [0, 0.1) is 0 Å². The average Bonchev–Trinajstić information content (AvgIpc) is 2.66. The van der Waals surface area contributed by atoms with Crippen LogP contribution in [-0.4, -0.2) is 52.9 Å². The molecule has 0 fully saturated rings. The monoisotopic (exact) mass is 356 g/mol. The van der Waals surface area contributed by atoms with E-state index in [4.69, 9.17) is 0 Å². The molecule has 0 aliphatic rings. The number of amides is 2.